The Bertz CT molecular complexity index is 366. The molecule has 0 aromatic carbocycles. The Hall–Kier alpha value is -1.13. The highest BCUT2D eigenvalue weighted by molar-refractivity contribution is 7.10. The summed E-state index contributed by atoms with van der Waals surface area (Å²) < 4.78 is 0. The van der Waals surface area contributed by atoms with Gasteiger partial charge in [-0.15, -0.1) is 11.3 Å². The van der Waals surface area contributed by atoms with E-state index in [1.54, 1.807) is 17.4 Å². The van der Waals surface area contributed by atoms with Crippen LogP contribution in [-0.4, -0.2) is 23.7 Å². The van der Waals surface area contributed by atoms with Crippen LogP contribution in [-0.2, 0) is 4.79 Å². The quantitative estimate of drug-likeness (QED) is 0.750. The van der Waals surface area contributed by atoms with Crippen molar-refractivity contribution in [2.45, 2.75) is 18.9 Å². The highest BCUT2D eigenvalue weighted by atomic mass is 32.1. The highest BCUT2D eigenvalue weighted by Gasteiger charge is 2.21. The molecule has 80 valence electrons. The molecular weight excluding hydrogens is 210 g/mol. The molecule has 1 heterocycles. The Morgan fingerprint density at radius 2 is 2.47 bits per heavy atom. The molecule has 0 amide bonds. The molecule has 1 aliphatic carbocycles. The van der Waals surface area contributed by atoms with Crippen LogP contribution in [0.15, 0.2) is 23.1 Å². The van der Waals surface area contributed by atoms with Crippen LogP contribution in [0.5, 0.6) is 0 Å². The Morgan fingerprint density at radius 1 is 1.67 bits per heavy atom. The predicted octanol–water partition coefficient (Wildman–Crippen LogP) is 1.97. The van der Waals surface area contributed by atoms with Crippen LogP contribution in [0.25, 0.3) is 6.08 Å². The van der Waals surface area contributed by atoms with Crippen molar-refractivity contribution in [3.8, 4) is 0 Å². The minimum Gasteiger partial charge on any atom is -0.478 e. The molecule has 0 unspecified atom stereocenters. The van der Waals surface area contributed by atoms with Gasteiger partial charge in [-0.25, -0.2) is 4.79 Å². The molecule has 2 N–H and O–H groups in total. The van der Waals surface area contributed by atoms with E-state index in [4.69, 9.17) is 5.11 Å². The van der Waals surface area contributed by atoms with E-state index in [2.05, 4.69) is 5.32 Å². The second kappa shape index (κ2) is 4.59. The lowest BCUT2D eigenvalue weighted by Gasteiger charge is -2.02. The normalized spacial score (nSPS) is 16.7. The summed E-state index contributed by atoms with van der Waals surface area (Å²) in [6, 6.07) is 4.38. The summed E-state index contributed by atoms with van der Waals surface area (Å²) in [4.78, 5) is 11.9. The SMILES string of the molecule is O=C(O)/C(=C/c1cccs1)CNC1CC1. The van der Waals surface area contributed by atoms with Crippen LogP contribution in [0.2, 0.25) is 0 Å². The first-order valence-corrected chi connectivity index (χ1v) is 5.84. The fourth-order valence-corrected chi connectivity index (χ4v) is 1.96. The van der Waals surface area contributed by atoms with Gasteiger partial charge >= 0.3 is 5.97 Å². The van der Waals surface area contributed by atoms with Crippen LogP contribution in [0.1, 0.15) is 17.7 Å². The van der Waals surface area contributed by atoms with Crippen LogP contribution < -0.4 is 5.32 Å². The lowest BCUT2D eigenvalue weighted by atomic mass is 10.2. The molecule has 2 rings (SSSR count). The van der Waals surface area contributed by atoms with E-state index < -0.39 is 5.97 Å². The number of nitrogens with one attached hydrogen (secondary N) is 1. The maximum Gasteiger partial charge on any atom is 0.332 e. The Labute approximate surface area is 92.4 Å². The average Bonchev–Trinajstić information content (AvgIpc) is 2.89. The Balaban J connectivity index is 2.00. The second-order valence-electron chi connectivity index (χ2n) is 3.65. The molecule has 1 aromatic heterocycles. The first-order chi connectivity index (χ1) is 7.25. The van der Waals surface area contributed by atoms with Crippen molar-refractivity contribution in [2.75, 3.05) is 6.54 Å². The molecule has 0 atom stereocenters. The smallest absolute Gasteiger partial charge is 0.332 e. The zero-order chi connectivity index (χ0) is 10.7. The molecule has 0 spiro atoms. The van der Waals surface area contributed by atoms with Crippen molar-refractivity contribution in [1.29, 1.82) is 0 Å². The third kappa shape index (κ3) is 3.18. The molecule has 0 saturated heterocycles. The van der Waals surface area contributed by atoms with E-state index in [-0.39, 0.29) is 0 Å². The van der Waals surface area contributed by atoms with Gasteiger partial charge in [-0.1, -0.05) is 6.07 Å². The molecule has 4 heteroatoms. The summed E-state index contributed by atoms with van der Waals surface area (Å²) in [6.45, 7) is 0.456. The van der Waals surface area contributed by atoms with Gasteiger partial charge in [0.05, 0.1) is 5.57 Å². The molecule has 1 aliphatic rings. The molecule has 1 saturated carbocycles. The van der Waals surface area contributed by atoms with Crippen molar-refractivity contribution < 1.29 is 9.90 Å². The molecule has 0 radical (unpaired) electrons. The van der Waals surface area contributed by atoms with Crippen molar-refractivity contribution in [3.63, 3.8) is 0 Å². The van der Waals surface area contributed by atoms with Gasteiger partial charge in [0, 0.05) is 17.5 Å². The monoisotopic (exact) mass is 223 g/mol. The topological polar surface area (TPSA) is 49.3 Å². The average molecular weight is 223 g/mol. The summed E-state index contributed by atoms with van der Waals surface area (Å²) in [7, 11) is 0. The maximum atomic E-state index is 11.0. The zero-order valence-electron chi connectivity index (χ0n) is 8.27. The van der Waals surface area contributed by atoms with Crippen LogP contribution in [0.3, 0.4) is 0 Å². The molecule has 0 bridgehead atoms. The van der Waals surface area contributed by atoms with Crippen LogP contribution >= 0.6 is 11.3 Å². The maximum absolute atomic E-state index is 11.0. The fourth-order valence-electron chi connectivity index (χ4n) is 1.28. The zero-order valence-corrected chi connectivity index (χ0v) is 9.09. The number of hydrogen-bond donors (Lipinski definition) is 2. The van der Waals surface area contributed by atoms with Gasteiger partial charge in [-0.05, 0) is 30.4 Å². The van der Waals surface area contributed by atoms with E-state index in [1.165, 1.54) is 12.8 Å². The lowest BCUT2D eigenvalue weighted by Crippen LogP contribution is -2.22. The third-order valence-corrected chi connectivity index (χ3v) is 3.11. The van der Waals surface area contributed by atoms with Crippen molar-refractivity contribution in [3.05, 3.63) is 28.0 Å². The van der Waals surface area contributed by atoms with Crippen LogP contribution in [0, 0.1) is 0 Å². The van der Waals surface area contributed by atoms with Gasteiger partial charge < -0.3 is 10.4 Å². The standard InChI is InChI=1S/C11H13NO2S/c13-11(14)8(7-12-9-3-4-9)6-10-2-1-5-15-10/h1-2,5-6,9,12H,3-4,7H2,(H,13,14)/b8-6+. The number of thiophene rings is 1. The number of rotatable bonds is 5. The minimum atomic E-state index is -0.837. The van der Waals surface area contributed by atoms with E-state index >= 15 is 0 Å². The summed E-state index contributed by atoms with van der Waals surface area (Å²) >= 11 is 1.55. The van der Waals surface area contributed by atoms with Crippen molar-refractivity contribution >= 4 is 23.4 Å². The molecule has 1 fully saturated rings. The predicted molar refractivity (Wildman–Crippen MR) is 61.0 cm³/mol. The second-order valence-corrected chi connectivity index (χ2v) is 4.62. The largest absolute Gasteiger partial charge is 0.478 e. The van der Waals surface area contributed by atoms with E-state index in [1.807, 2.05) is 17.5 Å². The number of carbonyl (C=O) groups is 1. The summed E-state index contributed by atoms with van der Waals surface area (Å²) in [5.41, 5.74) is 0.435. The number of carboxylic acids is 1. The first kappa shape index (κ1) is 10.4. The molecule has 1 aromatic rings. The van der Waals surface area contributed by atoms with Crippen molar-refractivity contribution in [2.24, 2.45) is 0 Å². The molecule has 0 aliphatic heterocycles. The lowest BCUT2D eigenvalue weighted by molar-refractivity contribution is -0.132. The van der Waals surface area contributed by atoms with Gasteiger partial charge in [0.25, 0.3) is 0 Å². The first-order valence-electron chi connectivity index (χ1n) is 4.96. The summed E-state index contributed by atoms with van der Waals surface area (Å²) in [5.74, 6) is -0.837. The Morgan fingerprint density at radius 3 is 3.00 bits per heavy atom. The molecule has 15 heavy (non-hydrogen) atoms. The van der Waals surface area contributed by atoms with Gasteiger partial charge in [0.15, 0.2) is 0 Å². The number of hydrogen-bond acceptors (Lipinski definition) is 3. The molecule has 3 nitrogen and oxygen atoms in total. The highest BCUT2D eigenvalue weighted by Crippen LogP contribution is 2.19. The molecular formula is C11H13NO2S. The number of aliphatic carboxylic acids is 1. The fraction of sp³-hybridized carbons (Fsp3) is 0.364. The summed E-state index contributed by atoms with van der Waals surface area (Å²) in [5, 5.41) is 14.2. The van der Waals surface area contributed by atoms with Crippen LogP contribution in [0.4, 0.5) is 0 Å². The van der Waals surface area contributed by atoms with E-state index in [9.17, 15) is 4.79 Å². The van der Waals surface area contributed by atoms with Gasteiger partial charge in [-0.2, -0.15) is 0 Å². The van der Waals surface area contributed by atoms with Gasteiger partial charge in [-0.3, -0.25) is 0 Å². The van der Waals surface area contributed by atoms with Gasteiger partial charge in [0.1, 0.15) is 0 Å². The van der Waals surface area contributed by atoms with E-state index in [0.717, 1.165) is 4.88 Å². The minimum absolute atomic E-state index is 0.435. The Kier molecular flexibility index (Phi) is 3.18. The third-order valence-electron chi connectivity index (χ3n) is 2.29. The summed E-state index contributed by atoms with van der Waals surface area (Å²) in [6.07, 6.45) is 4.08. The van der Waals surface area contributed by atoms with Gasteiger partial charge in [0.2, 0.25) is 0 Å². The van der Waals surface area contributed by atoms with Crippen molar-refractivity contribution in [1.82, 2.24) is 5.32 Å². The van der Waals surface area contributed by atoms with E-state index in [0.29, 0.717) is 18.2 Å². The number of carboxylic acid groups (broad SMARTS) is 1.